The number of imidazole rings is 1. The van der Waals surface area contributed by atoms with Crippen LogP contribution in [-0.2, 0) is 13.6 Å². The van der Waals surface area contributed by atoms with Crippen LogP contribution in [0.4, 0.5) is 13.2 Å². The molecular weight excluding hydrogens is 221 g/mol. The Kier molecular flexibility index (Phi) is 3.90. The van der Waals surface area contributed by atoms with Gasteiger partial charge in [-0.3, -0.25) is 0 Å². The van der Waals surface area contributed by atoms with Crippen molar-refractivity contribution in [1.29, 1.82) is 5.26 Å². The van der Waals surface area contributed by atoms with Crippen molar-refractivity contribution < 1.29 is 13.2 Å². The molecule has 0 saturated carbocycles. The van der Waals surface area contributed by atoms with Crippen molar-refractivity contribution in [2.45, 2.75) is 12.7 Å². The van der Waals surface area contributed by atoms with E-state index < -0.39 is 18.6 Å². The number of hydrogen-bond donors (Lipinski definition) is 1. The number of nitrogens with one attached hydrogen (secondary N) is 1. The fourth-order valence-corrected chi connectivity index (χ4v) is 1.13. The molecule has 7 heteroatoms. The van der Waals surface area contributed by atoms with Gasteiger partial charge in [-0.1, -0.05) is 0 Å². The summed E-state index contributed by atoms with van der Waals surface area (Å²) in [6.07, 6.45) is -1.23. The topological polar surface area (TPSA) is 53.6 Å². The van der Waals surface area contributed by atoms with Crippen molar-refractivity contribution in [3.63, 3.8) is 0 Å². The molecule has 0 spiro atoms. The van der Waals surface area contributed by atoms with Crippen LogP contribution >= 0.6 is 0 Å². The van der Waals surface area contributed by atoms with Crippen LogP contribution in [0, 0.1) is 17.2 Å². The second kappa shape index (κ2) is 4.99. The zero-order chi connectivity index (χ0) is 12.2. The Morgan fingerprint density at radius 2 is 2.31 bits per heavy atom. The van der Waals surface area contributed by atoms with E-state index in [0.29, 0.717) is 5.82 Å². The minimum Gasteiger partial charge on any atom is -0.337 e. The van der Waals surface area contributed by atoms with Gasteiger partial charge in [0, 0.05) is 26.0 Å². The number of nitriles is 1. The van der Waals surface area contributed by atoms with Gasteiger partial charge in [0.15, 0.2) is 5.92 Å². The molecule has 1 heterocycles. The van der Waals surface area contributed by atoms with Crippen molar-refractivity contribution in [1.82, 2.24) is 14.9 Å². The Bertz CT molecular complexity index is 377. The number of rotatable bonds is 4. The lowest BCUT2D eigenvalue weighted by Gasteiger charge is -2.13. The average molecular weight is 232 g/mol. The molecule has 0 radical (unpaired) electrons. The van der Waals surface area contributed by atoms with E-state index in [2.05, 4.69) is 10.3 Å². The fourth-order valence-electron chi connectivity index (χ4n) is 1.13. The lowest BCUT2D eigenvalue weighted by atomic mass is 10.1. The van der Waals surface area contributed by atoms with Crippen LogP contribution in [0.15, 0.2) is 12.4 Å². The van der Waals surface area contributed by atoms with Gasteiger partial charge >= 0.3 is 6.18 Å². The number of aromatic nitrogens is 2. The smallest absolute Gasteiger partial charge is 0.337 e. The van der Waals surface area contributed by atoms with Crippen LogP contribution in [0.25, 0.3) is 0 Å². The Hall–Kier alpha value is -1.55. The molecule has 0 aliphatic heterocycles. The normalized spacial score (nSPS) is 13.4. The summed E-state index contributed by atoms with van der Waals surface area (Å²) in [7, 11) is 1.75. The van der Waals surface area contributed by atoms with Crippen LogP contribution in [0.2, 0.25) is 0 Å². The molecule has 4 nitrogen and oxygen atoms in total. The van der Waals surface area contributed by atoms with Gasteiger partial charge in [-0.15, -0.1) is 0 Å². The first-order valence-corrected chi connectivity index (χ1v) is 4.58. The molecule has 0 aromatic carbocycles. The van der Waals surface area contributed by atoms with E-state index >= 15 is 0 Å². The number of nitrogens with zero attached hydrogens (tertiary/aromatic N) is 3. The molecule has 0 saturated heterocycles. The van der Waals surface area contributed by atoms with Gasteiger partial charge in [0.05, 0.1) is 12.6 Å². The lowest BCUT2D eigenvalue weighted by Crippen LogP contribution is -2.32. The molecule has 0 aliphatic rings. The van der Waals surface area contributed by atoms with Crippen molar-refractivity contribution >= 4 is 0 Å². The van der Waals surface area contributed by atoms with Crippen molar-refractivity contribution in [3.8, 4) is 6.07 Å². The van der Waals surface area contributed by atoms with Gasteiger partial charge in [-0.2, -0.15) is 18.4 Å². The molecule has 1 atom stereocenters. The first-order chi connectivity index (χ1) is 7.45. The van der Waals surface area contributed by atoms with Crippen LogP contribution in [-0.4, -0.2) is 22.3 Å². The molecule has 0 fully saturated rings. The Morgan fingerprint density at radius 1 is 1.62 bits per heavy atom. The fraction of sp³-hybridized carbons (Fsp3) is 0.556. The maximum absolute atomic E-state index is 12.2. The first kappa shape index (κ1) is 12.5. The maximum Gasteiger partial charge on any atom is 0.405 e. The van der Waals surface area contributed by atoms with E-state index in [4.69, 9.17) is 5.26 Å². The van der Waals surface area contributed by atoms with Crippen LogP contribution in [0.1, 0.15) is 5.82 Å². The second-order valence-corrected chi connectivity index (χ2v) is 3.31. The third kappa shape index (κ3) is 3.24. The third-order valence-corrected chi connectivity index (χ3v) is 2.10. The predicted octanol–water partition coefficient (Wildman–Crippen LogP) is 1.21. The molecule has 0 amide bonds. The molecule has 1 aromatic rings. The summed E-state index contributed by atoms with van der Waals surface area (Å²) < 4.78 is 38.2. The van der Waals surface area contributed by atoms with Gasteiger partial charge in [0.2, 0.25) is 0 Å². The highest BCUT2D eigenvalue weighted by Crippen LogP contribution is 2.24. The summed E-state index contributed by atoms with van der Waals surface area (Å²) >= 11 is 0. The van der Waals surface area contributed by atoms with Gasteiger partial charge in [-0.05, 0) is 0 Å². The molecule has 1 rings (SSSR count). The minimum atomic E-state index is -4.48. The predicted molar refractivity (Wildman–Crippen MR) is 50.1 cm³/mol. The molecule has 88 valence electrons. The SMILES string of the molecule is Cn1ccnc1CNCC(C#N)C(F)(F)F. The van der Waals surface area contributed by atoms with E-state index in [1.54, 1.807) is 24.0 Å². The average Bonchev–Trinajstić information content (AvgIpc) is 2.57. The van der Waals surface area contributed by atoms with Crippen molar-refractivity contribution in [3.05, 3.63) is 18.2 Å². The zero-order valence-electron chi connectivity index (χ0n) is 8.62. The summed E-state index contributed by atoms with van der Waals surface area (Å²) in [5.41, 5.74) is 0. The minimum absolute atomic E-state index is 0.206. The first-order valence-electron chi connectivity index (χ1n) is 4.58. The van der Waals surface area contributed by atoms with Gasteiger partial charge in [-0.25, -0.2) is 4.98 Å². The lowest BCUT2D eigenvalue weighted by molar-refractivity contribution is -0.157. The molecular formula is C9H11F3N4. The zero-order valence-corrected chi connectivity index (χ0v) is 8.62. The van der Waals surface area contributed by atoms with Crippen LogP contribution in [0.5, 0.6) is 0 Å². The summed E-state index contributed by atoms with van der Waals surface area (Å²) in [5.74, 6) is -1.35. The molecule has 16 heavy (non-hydrogen) atoms. The van der Waals surface area contributed by atoms with Crippen LogP contribution in [0.3, 0.4) is 0 Å². The summed E-state index contributed by atoms with van der Waals surface area (Å²) in [4.78, 5) is 3.94. The number of aryl methyl sites for hydroxylation is 1. The Balaban J connectivity index is 2.41. The Morgan fingerprint density at radius 3 is 2.75 bits per heavy atom. The summed E-state index contributed by atoms with van der Waals surface area (Å²) in [6.45, 7) is -0.218. The van der Waals surface area contributed by atoms with E-state index in [1.807, 2.05) is 0 Å². The summed E-state index contributed by atoms with van der Waals surface area (Å²) in [5, 5.41) is 10.9. The van der Waals surface area contributed by atoms with Crippen molar-refractivity contribution in [2.75, 3.05) is 6.54 Å². The van der Waals surface area contributed by atoms with Crippen LogP contribution < -0.4 is 5.32 Å². The highest BCUT2D eigenvalue weighted by molar-refractivity contribution is 4.93. The van der Waals surface area contributed by atoms with Crippen molar-refractivity contribution in [2.24, 2.45) is 13.0 Å². The van der Waals surface area contributed by atoms with E-state index in [-0.39, 0.29) is 6.54 Å². The maximum atomic E-state index is 12.2. The van der Waals surface area contributed by atoms with E-state index in [0.717, 1.165) is 0 Å². The van der Waals surface area contributed by atoms with Gasteiger partial charge < -0.3 is 9.88 Å². The molecule has 0 aliphatic carbocycles. The molecule has 1 unspecified atom stereocenters. The van der Waals surface area contributed by atoms with Gasteiger partial charge in [0.1, 0.15) is 5.82 Å². The van der Waals surface area contributed by atoms with E-state index in [1.165, 1.54) is 6.07 Å². The number of alkyl halides is 3. The molecule has 1 N–H and O–H groups in total. The number of halogens is 3. The second-order valence-electron chi connectivity index (χ2n) is 3.31. The largest absolute Gasteiger partial charge is 0.405 e. The van der Waals surface area contributed by atoms with E-state index in [9.17, 15) is 13.2 Å². The number of hydrogen-bond acceptors (Lipinski definition) is 3. The highest BCUT2D eigenvalue weighted by Gasteiger charge is 2.39. The Labute approximate surface area is 90.7 Å². The summed E-state index contributed by atoms with van der Waals surface area (Å²) in [6, 6.07) is 1.22. The molecule has 1 aromatic heterocycles. The highest BCUT2D eigenvalue weighted by atomic mass is 19.4. The monoisotopic (exact) mass is 232 g/mol. The standard InChI is InChI=1S/C9H11F3N4/c1-16-3-2-15-8(16)6-14-5-7(4-13)9(10,11)12/h2-3,7,14H,5-6H2,1H3. The molecule has 0 bridgehead atoms. The third-order valence-electron chi connectivity index (χ3n) is 2.10. The quantitative estimate of drug-likeness (QED) is 0.849. The van der Waals surface area contributed by atoms with Gasteiger partial charge in [0.25, 0.3) is 0 Å².